The number of benzene rings is 2. The topological polar surface area (TPSA) is 106 Å². The van der Waals surface area contributed by atoms with Crippen LogP contribution in [-0.4, -0.2) is 36.7 Å². The van der Waals surface area contributed by atoms with Gasteiger partial charge < -0.3 is 14.8 Å². The predicted molar refractivity (Wildman–Crippen MR) is 162 cm³/mol. The maximum absolute atomic E-state index is 13.1. The number of hydrazone groups is 1. The van der Waals surface area contributed by atoms with Crippen LogP contribution in [0.25, 0.3) is 0 Å². The fraction of sp³-hybridized carbons (Fsp3) is 0.375. The lowest BCUT2D eigenvalue weighted by Crippen LogP contribution is -2.33. The second-order valence-corrected chi connectivity index (χ2v) is 11.7. The summed E-state index contributed by atoms with van der Waals surface area (Å²) in [6.45, 7) is 10.1. The van der Waals surface area contributed by atoms with Gasteiger partial charge >= 0.3 is 5.97 Å². The molecule has 0 spiro atoms. The van der Waals surface area contributed by atoms with Crippen molar-refractivity contribution < 1.29 is 23.9 Å². The fourth-order valence-corrected chi connectivity index (χ4v) is 6.00. The highest BCUT2D eigenvalue weighted by molar-refractivity contribution is 7.17. The summed E-state index contributed by atoms with van der Waals surface area (Å²) in [5, 5.41) is 7.47. The summed E-state index contributed by atoms with van der Waals surface area (Å²) >= 11 is 1.45. The Bertz CT molecular complexity index is 1410. The zero-order valence-corrected chi connectivity index (χ0v) is 25.0. The molecule has 41 heavy (non-hydrogen) atoms. The van der Waals surface area contributed by atoms with E-state index in [9.17, 15) is 14.4 Å². The first-order valence-corrected chi connectivity index (χ1v) is 14.8. The van der Waals surface area contributed by atoms with Crippen molar-refractivity contribution in [2.75, 3.05) is 11.9 Å². The number of nitrogens with one attached hydrogen (secondary N) is 2. The number of ether oxygens (including phenoxy) is 2. The van der Waals surface area contributed by atoms with Gasteiger partial charge in [0.05, 0.1) is 18.4 Å². The van der Waals surface area contributed by atoms with E-state index in [0.29, 0.717) is 33.7 Å². The molecule has 1 heterocycles. The molecule has 4 rings (SSSR count). The first kappa shape index (κ1) is 30.0. The Balaban J connectivity index is 1.35. The van der Waals surface area contributed by atoms with E-state index in [1.54, 1.807) is 44.3 Å². The van der Waals surface area contributed by atoms with Crippen LogP contribution in [-0.2, 0) is 22.4 Å². The van der Waals surface area contributed by atoms with Gasteiger partial charge in [-0.2, -0.15) is 5.10 Å². The third-order valence-electron chi connectivity index (χ3n) is 7.01. The molecule has 1 aromatic heterocycles. The van der Waals surface area contributed by atoms with Gasteiger partial charge in [0.25, 0.3) is 11.8 Å². The van der Waals surface area contributed by atoms with Crippen LogP contribution in [0.5, 0.6) is 5.75 Å². The summed E-state index contributed by atoms with van der Waals surface area (Å²) in [5.74, 6) is 0.274. The predicted octanol–water partition coefficient (Wildman–Crippen LogP) is 6.34. The Kier molecular flexibility index (Phi) is 9.94. The molecule has 1 aliphatic carbocycles. The van der Waals surface area contributed by atoms with Crippen molar-refractivity contribution >= 4 is 40.3 Å². The zero-order chi connectivity index (χ0) is 29.5. The van der Waals surface area contributed by atoms with Crippen LogP contribution in [0.15, 0.2) is 53.6 Å². The minimum Gasteiger partial charge on any atom is -0.481 e. The number of anilines is 1. The number of esters is 1. The number of nitrogens with zero attached hydrogens (tertiary/aromatic N) is 1. The summed E-state index contributed by atoms with van der Waals surface area (Å²) in [4.78, 5) is 39.4. The number of hydrogen-bond donors (Lipinski definition) is 2. The van der Waals surface area contributed by atoms with E-state index in [1.807, 2.05) is 24.3 Å². The van der Waals surface area contributed by atoms with Crippen LogP contribution >= 0.6 is 11.3 Å². The molecule has 3 aromatic rings. The van der Waals surface area contributed by atoms with E-state index in [0.717, 1.165) is 35.3 Å². The summed E-state index contributed by atoms with van der Waals surface area (Å²) in [7, 11) is 0. The maximum atomic E-state index is 13.1. The number of carbonyl (C=O) groups excluding carboxylic acids is 3. The number of hydrogen-bond acceptors (Lipinski definition) is 7. The van der Waals surface area contributed by atoms with Crippen LogP contribution in [0.4, 0.5) is 5.00 Å². The molecule has 0 saturated heterocycles. The lowest BCUT2D eigenvalue weighted by atomic mass is 9.88. The van der Waals surface area contributed by atoms with Gasteiger partial charge in [-0.05, 0) is 85.9 Å². The van der Waals surface area contributed by atoms with Crippen molar-refractivity contribution in [1.29, 1.82) is 0 Å². The monoisotopic (exact) mass is 575 g/mol. The Morgan fingerprint density at radius 3 is 2.44 bits per heavy atom. The van der Waals surface area contributed by atoms with Gasteiger partial charge in [-0.25, -0.2) is 10.2 Å². The lowest BCUT2D eigenvalue weighted by Gasteiger charge is -2.18. The summed E-state index contributed by atoms with van der Waals surface area (Å²) in [6, 6.07) is 14.5. The van der Waals surface area contributed by atoms with Gasteiger partial charge in [0.2, 0.25) is 0 Å². The van der Waals surface area contributed by atoms with Crippen LogP contribution < -0.4 is 15.5 Å². The van der Waals surface area contributed by atoms with Crippen LogP contribution in [0.3, 0.4) is 0 Å². The largest absolute Gasteiger partial charge is 0.481 e. The number of amides is 2. The van der Waals surface area contributed by atoms with Gasteiger partial charge in [0, 0.05) is 10.4 Å². The van der Waals surface area contributed by atoms with Crippen molar-refractivity contribution in [2.45, 2.75) is 65.9 Å². The van der Waals surface area contributed by atoms with E-state index >= 15 is 0 Å². The number of rotatable bonds is 10. The molecule has 2 N–H and O–H groups in total. The van der Waals surface area contributed by atoms with Crippen molar-refractivity contribution in [3.63, 3.8) is 0 Å². The van der Waals surface area contributed by atoms with E-state index in [-0.39, 0.29) is 12.5 Å². The van der Waals surface area contributed by atoms with Gasteiger partial charge in [-0.3, -0.25) is 9.59 Å². The highest BCUT2D eigenvalue weighted by atomic mass is 32.1. The molecule has 0 saturated carbocycles. The maximum Gasteiger partial charge on any atom is 0.341 e. The highest BCUT2D eigenvalue weighted by Crippen LogP contribution is 2.40. The average Bonchev–Trinajstić information content (AvgIpc) is 3.30. The van der Waals surface area contributed by atoms with E-state index in [4.69, 9.17) is 9.47 Å². The molecule has 1 aliphatic rings. The summed E-state index contributed by atoms with van der Waals surface area (Å²) in [5.41, 5.74) is 6.48. The number of thiophene rings is 1. The second-order valence-electron chi connectivity index (χ2n) is 10.6. The Hall–Kier alpha value is -3.98. The molecule has 0 radical (unpaired) electrons. The molecule has 216 valence electrons. The van der Waals surface area contributed by atoms with Gasteiger partial charge in [0.1, 0.15) is 10.8 Å². The van der Waals surface area contributed by atoms with E-state index < -0.39 is 18.0 Å². The molecule has 0 unspecified atom stereocenters. The normalized spacial score (nSPS) is 15.3. The smallest absolute Gasteiger partial charge is 0.341 e. The molecule has 2 amide bonds. The molecular weight excluding hydrogens is 538 g/mol. The molecular formula is C32H37N3O5S. The van der Waals surface area contributed by atoms with Crippen molar-refractivity contribution in [2.24, 2.45) is 11.0 Å². The van der Waals surface area contributed by atoms with E-state index in [1.165, 1.54) is 16.9 Å². The summed E-state index contributed by atoms with van der Waals surface area (Å²) < 4.78 is 11.0. The van der Waals surface area contributed by atoms with Gasteiger partial charge in [-0.15, -0.1) is 11.3 Å². The lowest BCUT2D eigenvalue weighted by molar-refractivity contribution is -0.127. The minimum absolute atomic E-state index is 0.268. The highest BCUT2D eigenvalue weighted by Gasteiger charge is 2.29. The molecule has 9 heteroatoms. The Morgan fingerprint density at radius 1 is 1.07 bits per heavy atom. The Morgan fingerprint density at radius 2 is 1.78 bits per heavy atom. The molecule has 2 aromatic carbocycles. The molecule has 8 nitrogen and oxygen atoms in total. The van der Waals surface area contributed by atoms with Crippen LogP contribution in [0.2, 0.25) is 0 Å². The van der Waals surface area contributed by atoms with Crippen LogP contribution in [0, 0.1) is 5.92 Å². The second kappa shape index (κ2) is 13.6. The van der Waals surface area contributed by atoms with Crippen molar-refractivity contribution in [3.8, 4) is 5.75 Å². The third kappa shape index (κ3) is 7.61. The Labute approximate surface area is 245 Å². The number of fused-ring (bicyclic) bond motifs is 1. The molecule has 2 atom stereocenters. The quantitative estimate of drug-likeness (QED) is 0.167. The average molecular weight is 576 g/mol. The SMILES string of the molecule is CCOC(=O)c1c(NC(=O)c2ccc(O[C@@H](C)C(=O)N/N=C\c3ccc(C(C)C)cc3)cc2)sc2c1CC[C@H](C)C2. The zero-order valence-electron chi connectivity index (χ0n) is 24.2. The van der Waals surface area contributed by atoms with Crippen molar-refractivity contribution in [3.05, 3.63) is 81.2 Å². The van der Waals surface area contributed by atoms with Gasteiger partial charge in [-0.1, -0.05) is 45.0 Å². The minimum atomic E-state index is -0.804. The molecule has 0 aliphatic heterocycles. The summed E-state index contributed by atoms with van der Waals surface area (Å²) in [6.07, 6.45) is 3.46. The fourth-order valence-electron chi connectivity index (χ4n) is 4.60. The first-order chi connectivity index (χ1) is 19.7. The molecule has 0 fully saturated rings. The molecule has 0 bridgehead atoms. The standard InChI is InChI=1S/C32H37N3O5S/c1-6-39-32(38)28-26-16-7-20(4)17-27(26)41-31(28)34-30(37)24-12-14-25(15-13-24)40-21(5)29(36)35-33-18-22-8-10-23(11-9-22)19(2)3/h8-15,18-21H,6-7,16-17H2,1-5H3,(H,34,37)(H,35,36)/b33-18-/t20-,21-/m0/s1. The third-order valence-corrected chi connectivity index (χ3v) is 8.18. The van der Waals surface area contributed by atoms with Crippen molar-refractivity contribution in [1.82, 2.24) is 5.43 Å². The number of carbonyl (C=O) groups is 3. The first-order valence-electron chi connectivity index (χ1n) is 14.0. The van der Waals surface area contributed by atoms with Crippen LogP contribution in [0.1, 0.15) is 89.2 Å². The van der Waals surface area contributed by atoms with Gasteiger partial charge in [0.15, 0.2) is 6.10 Å². The van der Waals surface area contributed by atoms with E-state index in [2.05, 4.69) is 36.6 Å².